The van der Waals surface area contributed by atoms with Gasteiger partial charge in [-0.05, 0) is 5.56 Å². The monoisotopic (exact) mass is 133 g/mol. The average Bonchev–Trinajstić information content (AvgIpc) is 2.03. The van der Waals surface area contributed by atoms with Crippen molar-refractivity contribution in [1.29, 1.82) is 0 Å². The molecule has 0 unspecified atom stereocenters. The van der Waals surface area contributed by atoms with E-state index in [0.717, 1.165) is 12.0 Å². The van der Waals surface area contributed by atoms with Gasteiger partial charge in [0.2, 0.25) is 6.54 Å². The second-order valence-electron chi connectivity index (χ2n) is 1.88. The lowest BCUT2D eigenvalue weighted by atomic mass is 10.2. The molecule has 3 nitrogen and oxygen atoms in total. The van der Waals surface area contributed by atoms with Gasteiger partial charge in [-0.15, -0.1) is 0 Å². The molecule has 0 aliphatic rings. The van der Waals surface area contributed by atoms with Gasteiger partial charge in [0.1, 0.15) is 6.33 Å². The third-order valence-electron chi connectivity index (χ3n) is 1.13. The van der Waals surface area contributed by atoms with Crippen molar-refractivity contribution in [3.8, 4) is 0 Å². The summed E-state index contributed by atoms with van der Waals surface area (Å²) in [6.45, 7) is 7.06. The third kappa shape index (κ3) is 1.82. The van der Waals surface area contributed by atoms with E-state index in [1.165, 1.54) is 6.33 Å². The topological polar surface area (TPSA) is 30.1 Å². The first kappa shape index (κ1) is 6.69. The minimum absolute atomic E-state index is 0.521. The van der Waals surface area contributed by atoms with E-state index in [9.17, 15) is 0 Å². The number of hydrogen-bond donors (Lipinski definition) is 0. The second-order valence-corrected chi connectivity index (χ2v) is 1.88. The molecule has 0 fully saturated rings. The summed E-state index contributed by atoms with van der Waals surface area (Å²) in [5, 5.41) is 0. The van der Waals surface area contributed by atoms with E-state index in [2.05, 4.69) is 14.8 Å². The van der Waals surface area contributed by atoms with Crippen LogP contribution in [0.15, 0.2) is 18.7 Å². The molecule has 50 valence electrons. The Morgan fingerprint density at radius 2 is 2.10 bits per heavy atom. The maximum atomic E-state index is 6.54. The summed E-state index contributed by atoms with van der Waals surface area (Å²) < 4.78 is 0. The van der Waals surface area contributed by atoms with Crippen LogP contribution in [-0.2, 0) is 6.42 Å². The van der Waals surface area contributed by atoms with Crippen LogP contribution >= 0.6 is 0 Å². The van der Waals surface area contributed by atoms with E-state index in [1.54, 1.807) is 12.4 Å². The molecule has 0 bridgehead atoms. The smallest absolute Gasteiger partial charge is 0.218 e. The molecule has 0 radical (unpaired) electrons. The molecule has 1 aromatic heterocycles. The van der Waals surface area contributed by atoms with E-state index >= 15 is 0 Å². The number of hydrogen-bond acceptors (Lipinski definition) is 2. The van der Waals surface area contributed by atoms with Crippen molar-refractivity contribution >= 4 is 0 Å². The zero-order valence-electron chi connectivity index (χ0n) is 5.49. The molecule has 0 amide bonds. The van der Waals surface area contributed by atoms with Crippen molar-refractivity contribution in [1.82, 2.24) is 9.97 Å². The van der Waals surface area contributed by atoms with Crippen molar-refractivity contribution in [3.05, 3.63) is 35.7 Å². The molecule has 0 saturated heterocycles. The Morgan fingerprint density at radius 3 is 2.70 bits per heavy atom. The van der Waals surface area contributed by atoms with Crippen LogP contribution in [0.3, 0.4) is 0 Å². The maximum Gasteiger partial charge on any atom is 0.218 e. The van der Waals surface area contributed by atoms with Gasteiger partial charge in [0.15, 0.2) is 0 Å². The first-order valence-corrected chi connectivity index (χ1v) is 3.00. The van der Waals surface area contributed by atoms with Gasteiger partial charge in [-0.1, -0.05) is 0 Å². The Morgan fingerprint density at radius 1 is 1.40 bits per heavy atom. The fourth-order valence-corrected chi connectivity index (χ4v) is 0.644. The summed E-state index contributed by atoms with van der Waals surface area (Å²) in [7, 11) is 0. The molecular weight excluding hydrogens is 126 g/mol. The molecular formula is C7H7N3. The molecule has 0 aliphatic heterocycles. The van der Waals surface area contributed by atoms with Gasteiger partial charge >= 0.3 is 0 Å². The van der Waals surface area contributed by atoms with E-state index < -0.39 is 0 Å². The zero-order chi connectivity index (χ0) is 7.23. The lowest BCUT2D eigenvalue weighted by Gasteiger charge is -1.89. The Labute approximate surface area is 59.6 Å². The average molecular weight is 133 g/mol. The van der Waals surface area contributed by atoms with Gasteiger partial charge in [-0.25, -0.2) is 16.5 Å². The highest BCUT2D eigenvalue weighted by molar-refractivity contribution is 5.03. The van der Waals surface area contributed by atoms with Crippen LogP contribution < -0.4 is 0 Å². The molecule has 10 heavy (non-hydrogen) atoms. The predicted octanol–water partition coefficient (Wildman–Crippen LogP) is 0.938. The summed E-state index contributed by atoms with van der Waals surface area (Å²) in [5.74, 6) is 0. The number of nitrogens with zero attached hydrogens (tertiary/aromatic N) is 3. The van der Waals surface area contributed by atoms with E-state index in [1.807, 2.05) is 0 Å². The molecule has 0 atom stereocenters. The zero-order valence-corrected chi connectivity index (χ0v) is 5.49. The number of rotatable bonds is 2. The molecule has 0 N–H and O–H groups in total. The maximum absolute atomic E-state index is 6.54. The van der Waals surface area contributed by atoms with Crippen LogP contribution in [0.1, 0.15) is 5.56 Å². The Balaban J connectivity index is 2.52. The lowest BCUT2D eigenvalue weighted by Crippen LogP contribution is -1.89. The molecule has 0 aromatic carbocycles. The molecule has 1 heterocycles. The van der Waals surface area contributed by atoms with Gasteiger partial charge in [0, 0.05) is 18.8 Å². The van der Waals surface area contributed by atoms with Gasteiger partial charge in [-0.3, -0.25) is 0 Å². The summed E-state index contributed by atoms with van der Waals surface area (Å²) >= 11 is 0. The highest BCUT2D eigenvalue weighted by Crippen LogP contribution is 1.93. The minimum atomic E-state index is 0.521. The normalized spacial score (nSPS) is 8.70. The van der Waals surface area contributed by atoms with E-state index in [0.29, 0.717) is 6.54 Å². The predicted molar refractivity (Wildman–Crippen MR) is 37.2 cm³/mol. The quantitative estimate of drug-likeness (QED) is 0.562. The Bertz CT molecular complexity index is 224. The largest absolute Gasteiger partial charge is 0.317 e. The highest BCUT2D eigenvalue weighted by Gasteiger charge is 1.92. The van der Waals surface area contributed by atoms with Crippen LogP contribution in [0, 0.1) is 6.57 Å². The van der Waals surface area contributed by atoms with E-state index in [-0.39, 0.29) is 0 Å². The Hall–Kier alpha value is -1.43. The van der Waals surface area contributed by atoms with Crippen molar-refractivity contribution in [3.63, 3.8) is 0 Å². The van der Waals surface area contributed by atoms with Crippen LogP contribution in [0.2, 0.25) is 0 Å². The molecule has 1 aromatic rings. The fraction of sp³-hybridized carbons (Fsp3) is 0.286. The van der Waals surface area contributed by atoms with Gasteiger partial charge in [0.25, 0.3) is 0 Å². The second kappa shape index (κ2) is 3.57. The summed E-state index contributed by atoms with van der Waals surface area (Å²) in [4.78, 5) is 10.9. The van der Waals surface area contributed by atoms with Gasteiger partial charge in [-0.2, -0.15) is 0 Å². The minimum Gasteiger partial charge on any atom is -0.317 e. The number of aromatic nitrogens is 2. The summed E-state index contributed by atoms with van der Waals surface area (Å²) in [6, 6.07) is 0. The van der Waals surface area contributed by atoms with Crippen LogP contribution in [0.4, 0.5) is 0 Å². The van der Waals surface area contributed by atoms with Crippen molar-refractivity contribution in [2.24, 2.45) is 0 Å². The lowest BCUT2D eigenvalue weighted by molar-refractivity contribution is 1.01. The van der Waals surface area contributed by atoms with Crippen molar-refractivity contribution in [2.75, 3.05) is 6.54 Å². The molecule has 0 aliphatic carbocycles. The molecule has 0 spiro atoms. The van der Waals surface area contributed by atoms with Gasteiger partial charge in [0.05, 0.1) is 0 Å². The standard InChI is InChI=1S/C7H7N3/c1-8-3-2-7-4-9-6-10-5-7/h4-6H,2-3H2. The van der Waals surface area contributed by atoms with Crippen LogP contribution in [-0.4, -0.2) is 16.5 Å². The molecule has 0 saturated carbocycles. The molecule has 3 heteroatoms. The summed E-state index contributed by atoms with van der Waals surface area (Å²) in [6.07, 6.45) is 5.71. The highest BCUT2D eigenvalue weighted by atomic mass is 14.8. The van der Waals surface area contributed by atoms with Crippen LogP contribution in [0.25, 0.3) is 4.85 Å². The van der Waals surface area contributed by atoms with Crippen LogP contribution in [0.5, 0.6) is 0 Å². The molecule has 1 rings (SSSR count). The summed E-state index contributed by atoms with van der Waals surface area (Å²) in [5.41, 5.74) is 1.03. The van der Waals surface area contributed by atoms with Crippen molar-refractivity contribution < 1.29 is 0 Å². The Kier molecular flexibility index (Phi) is 2.39. The first-order chi connectivity index (χ1) is 4.93. The third-order valence-corrected chi connectivity index (χ3v) is 1.13. The SMILES string of the molecule is [C-]#[N+]CCc1cncnc1. The van der Waals surface area contributed by atoms with Gasteiger partial charge < -0.3 is 4.85 Å². The van der Waals surface area contributed by atoms with E-state index in [4.69, 9.17) is 6.57 Å². The van der Waals surface area contributed by atoms with Crippen molar-refractivity contribution in [2.45, 2.75) is 6.42 Å². The first-order valence-electron chi connectivity index (χ1n) is 3.00. The fourth-order valence-electron chi connectivity index (χ4n) is 0.644.